The molecule has 0 unspecified atom stereocenters. The average molecular weight is 486 g/mol. The monoisotopic (exact) mass is 485 g/mol. The largest absolute Gasteiger partial charge is 0.452 e. The molecule has 1 aromatic heterocycles. The molecule has 0 saturated carbocycles. The summed E-state index contributed by atoms with van der Waals surface area (Å²) < 4.78 is 20.4. The van der Waals surface area contributed by atoms with Crippen molar-refractivity contribution in [2.75, 3.05) is 30.5 Å². The van der Waals surface area contributed by atoms with Gasteiger partial charge < -0.3 is 14.5 Å². The Balaban J connectivity index is 1.38. The van der Waals surface area contributed by atoms with Gasteiger partial charge in [0.15, 0.2) is 12.3 Å². The smallest absolute Gasteiger partial charge is 0.359 e. The van der Waals surface area contributed by atoms with E-state index >= 15 is 0 Å². The topological polar surface area (TPSA) is 91.5 Å². The number of esters is 1. The third-order valence-corrected chi connectivity index (χ3v) is 6.63. The fourth-order valence-corrected chi connectivity index (χ4v) is 4.89. The highest BCUT2D eigenvalue weighted by Gasteiger charge is 2.32. The van der Waals surface area contributed by atoms with Gasteiger partial charge in [0.25, 0.3) is 0 Å². The van der Waals surface area contributed by atoms with Crippen LogP contribution in [0.15, 0.2) is 59.9 Å². The molecule has 2 heterocycles. The van der Waals surface area contributed by atoms with Crippen LogP contribution >= 0.6 is 0 Å². The SMILES string of the molecule is CN1C(=C(C#N)C(=O)COC(=O)c2nn(-c3ccc(F)cc3)c3c2CCCC3)N(C)c2ccccc21. The standard InChI is InChI=1S/C27H24FN5O3/c1-31-22-9-5-6-10-23(22)32(2)26(31)20(15-29)24(34)16-36-27(35)25-19-7-3-4-8-21(19)33(30-25)18-13-11-17(28)12-14-18/h5-6,9-14H,3-4,7-8,16H2,1-2H3. The second kappa shape index (κ2) is 9.30. The van der Waals surface area contributed by atoms with Crippen LogP contribution in [0.1, 0.15) is 34.6 Å². The summed E-state index contributed by atoms with van der Waals surface area (Å²) in [5, 5.41) is 14.3. The summed E-state index contributed by atoms with van der Waals surface area (Å²) in [5.41, 5.74) is 4.10. The Morgan fingerprint density at radius 1 is 1.03 bits per heavy atom. The molecule has 2 aliphatic rings. The van der Waals surface area contributed by atoms with Gasteiger partial charge in [-0.1, -0.05) is 12.1 Å². The Kier molecular flexibility index (Phi) is 6.02. The van der Waals surface area contributed by atoms with Gasteiger partial charge in [0.05, 0.1) is 17.1 Å². The summed E-state index contributed by atoms with van der Waals surface area (Å²) in [6.07, 6.45) is 3.26. The molecule has 0 amide bonds. The number of carbonyl (C=O) groups excluding carboxylic acids is 2. The molecule has 0 saturated heterocycles. The number of hydrogen-bond donors (Lipinski definition) is 0. The fraction of sp³-hybridized carbons (Fsp3) is 0.259. The molecule has 2 aromatic carbocycles. The van der Waals surface area contributed by atoms with Gasteiger partial charge in [0.2, 0.25) is 5.78 Å². The Labute approximate surface area is 207 Å². The maximum atomic E-state index is 13.4. The van der Waals surface area contributed by atoms with Crippen LogP contribution < -0.4 is 9.80 Å². The summed E-state index contributed by atoms with van der Waals surface area (Å²) in [6, 6.07) is 15.5. The van der Waals surface area contributed by atoms with E-state index in [1.54, 1.807) is 40.7 Å². The number of nitrogens with zero attached hydrogens (tertiary/aromatic N) is 5. The number of halogens is 1. The van der Waals surface area contributed by atoms with E-state index in [-0.39, 0.29) is 17.1 Å². The lowest BCUT2D eigenvalue weighted by Crippen LogP contribution is -2.28. The summed E-state index contributed by atoms with van der Waals surface area (Å²) in [6.45, 7) is -0.582. The first-order valence-corrected chi connectivity index (χ1v) is 11.7. The maximum absolute atomic E-state index is 13.4. The summed E-state index contributed by atoms with van der Waals surface area (Å²) >= 11 is 0. The number of rotatable bonds is 5. The number of anilines is 2. The molecule has 0 N–H and O–H groups in total. The summed E-state index contributed by atoms with van der Waals surface area (Å²) in [4.78, 5) is 29.6. The number of para-hydroxylation sites is 2. The number of Topliss-reactive ketones (excluding diaryl/α,β-unsaturated/α-hetero) is 1. The first-order valence-electron chi connectivity index (χ1n) is 11.7. The van der Waals surface area contributed by atoms with Gasteiger partial charge >= 0.3 is 5.97 Å². The Bertz CT molecular complexity index is 1400. The van der Waals surface area contributed by atoms with E-state index in [9.17, 15) is 19.2 Å². The molecule has 0 atom stereocenters. The number of aromatic nitrogens is 2. The van der Waals surface area contributed by atoms with E-state index in [4.69, 9.17) is 4.74 Å². The molecule has 1 aliphatic carbocycles. The molecular formula is C27H24FN5O3. The van der Waals surface area contributed by atoms with E-state index in [1.165, 1.54) is 12.1 Å². The van der Waals surface area contributed by atoms with Gasteiger partial charge in [-0.2, -0.15) is 10.4 Å². The Morgan fingerprint density at radius 3 is 2.31 bits per heavy atom. The highest BCUT2D eigenvalue weighted by Crippen LogP contribution is 2.40. The van der Waals surface area contributed by atoms with E-state index in [0.717, 1.165) is 41.9 Å². The molecule has 9 heteroatoms. The second-order valence-corrected chi connectivity index (χ2v) is 8.79. The van der Waals surface area contributed by atoms with Crippen LogP contribution in [0.25, 0.3) is 5.69 Å². The van der Waals surface area contributed by atoms with E-state index in [1.807, 2.05) is 30.3 Å². The lowest BCUT2D eigenvalue weighted by atomic mass is 9.95. The molecule has 0 radical (unpaired) electrons. The van der Waals surface area contributed by atoms with Crippen molar-refractivity contribution in [1.82, 2.24) is 9.78 Å². The van der Waals surface area contributed by atoms with Crippen LogP contribution in [0.2, 0.25) is 0 Å². The fourth-order valence-electron chi connectivity index (χ4n) is 4.89. The molecule has 0 fully saturated rings. The minimum atomic E-state index is -0.721. The third kappa shape index (κ3) is 3.90. The average Bonchev–Trinajstić information content (AvgIpc) is 3.40. The number of ether oxygens (including phenoxy) is 1. The zero-order valence-corrected chi connectivity index (χ0v) is 20.0. The van der Waals surface area contributed by atoms with Crippen molar-refractivity contribution in [2.24, 2.45) is 0 Å². The Hall–Kier alpha value is -4.45. The number of hydrogen-bond acceptors (Lipinski definition) is 7. The minimum Gasteiger partial charge on any atom is -0.452 e. The zero-order valence-electron chi connectivity index (χ0n) is 20.0. The normalized spacial score (nSPS) is 14.2. The number of ketones is 1. The van der Waals surface area contributed by atoms with E-state index < -0.39 is 18.4 Å². The first-order chi connectivity index (χ1) is 17.4. The summed E-state index contributed by atoms with van der Waals surface area (Å²) in [5.74, 6) is -1.25. The predicted octanol–water partition coefficient (Wildman–Crippen LogP) is 3.94. The molecule has 8 nitrogen and oxygen atoms in total. The first kappa shape index (κ1) is 23.3. The van der Waals surface area contributed by atoms with Crippen LogP contribution in [0, 0.1) is 17.1 Å². The number of benzene rings is 2. The van der Waals surface area contributed by atoms with Gasteiger partial charge in [-0.15, -0.1) is 0 Å². The molecule has 36 heavy (non-hydrogen) atoms. The highest BCUT2D eigenvalue weighted by molar-refractivity contribution is 6.04. The van der Waals surface area contributed by atoms with Gasteiger partial charge in [-0.05, 0) is 62.1 Å². The van der Waals surface area contributed by atoms with Crippen LogP contribution in [-0.2, 0) is 22.4 Å². The molecular weight excluding hydrogens is 461 g/mol. The van der Waals surface area contributed by atoms with Gasteiger partial charge in [-0.3, -0.25) is 4.79 Å². The third-order valence-electron chi connectivity index (χ3n) is 6.63. The summed E-state index contributed by atoms with van der Waals surface area (Å²) in [7, 11) is 3.56. The second-order valence-electron chi connectivity index (χ2n) is 8.79. The van der Waals surface area contributed by atoms with E-state index in [2.05, 4.69) is 5.10 Å². The predicted molar refractivity (Wildman–Crippen MR) is 131 cm³/mol. The minimum absolute atomic E-state index is 0.0946. The Morgan fingerprint density at radius 2 is 1.67 bits per heavy atom. The number of fused-ring (bicyclic) bond motifs is 2. The van der Waals surface area contributed by atoms with Gasteiger partial charge in [0.1, 0.15) is 23.3 Å². The van der Waals surface area contributed by atoms with Crippen molar-refractivity contribution in [2.45, 2.75) is 25.7 Å². The number of nitriles is 1. The molecule has 5 rings (SSSR count). The highest BCUT2D eigenvalue weighted by atomic mass is 19.1. The lowest BCUT2D eigenvalue weighted by molar-refractivity contribution is -0.118. The number of carbonyl (C=O) groups is 2. The molecule has 182 valence electrons. The van der Waals surface area contributed by atoms with Crippen molar-refractivity contribution in [1.29, 1.82) is 5.26 Å². The van der Waals surface area contributed by atoms with E-state index in [0.29, 0.717) is 17.9 Å². The van der Waals surface area contributed by atoms with Crippen molar-refractivity contribution in [3.05, 3.63) is 82.7 Å². The lowest BCUT2D eigenvalue weighted by Gasteiger charge is -2.19. The van der Waals surface area contributed by atoms with Crippen molar-refractivity contribution in [3.8, 4) is 11.8 Å². The zero-order chi connectivity index (χ0) is 25.4. The van der Waals surface area contributed by atoms with Crippen molar-refractivity contribution < 1.29 is 18.7 Å². The van der Waals surface area contributed by atoms with Crippen LogP contribution in [0.3, 0.4) is 0 Å². The molecule has 1 aliphatic heterocycles. The molecule has 3 aromatic rings. The van der Waals surface area contributed by atoms with Crippen LogP contribution in [-0.4, -0.2) is 42.2 Å². The van der Waals surface area contributed by atoms with Crippen LogP contribution in [0.4, 0.5) is 15.8 Å². The maximum Gasteiger partial charge on any atom is 0.359 e. The molecule has 0 bridgehead atoms. The molecule has 0 spiro atoms. The van der Waals surface area contributed by atoms with Crippen LogP contribution in [0.5, 0.6) is 0 Å². The van der Waals surface area contributed by atoms with Crippen molar-refractivity contribution >= 4 is 23.1 Å². The van der Waals surface area contributed by atoms with Gasteiger partial charge in [-0.25, -0.2) is 13.9 Å². The van der Waals surface area contributed by atoms with Gasteiger partial charge in [0, 0.05) is 25.4 Å². The quantitative estimate of drug-likeness (QED) is 0.307. The van der Waals surface area contributed by atoms with Crippen molar-refractivity contribution in [3.63, 3.8) is 0 Å².